The van der Waals surface area contributed by atoms with Gasteiger partial charge in [-0.2, -0.15) is 0 Å². The van der Waals surface area contributed by atoms with Crippen LogP contribution in [0.5, 0.6) is 0 Å². The highest BCUT2D eigenvalue weighted by Crippen LogP contribution is 2.38. The first-order valence-corrected chi connectivity index (χ1v) is 12.6. The summed E-state index contributed by atoms with van der Waals surface area (Å²) in [6.07, 6.45) is 0. The van der Waals surface area contributed by atoms with Crippen molar-refractivity contribution in [2.75, 3.05) is 0 Å². The van der Waals surface area contributed by atoms with E-state index in [4.69, 9.17) is 9.97 Å². The van der Waals surface area contributed by atoms with Gasteiger partial charge in [0.2, 0.25) is 0 Å². The quantitative estimate of drug-likeness (QED) is 0.258. The first kappa shape index (κ1) is 18.9. The fraction of sp³-hybridized carbons (Fsp3) is 0.0345. The highest BCUT2D eigenvalue weighted by atomic mass is 32.1. The third kappa shape index (κ3) is 3.06. The van der Waals surface area contributed by atoms with Gasteiger partial charge in [-0.05, 0) is 49.4 Å². The van der Waals surface area contributed by atoms with Gasteiger partial charge in [-0.25, -0.2) is 9.97 Å². The van der Waals surface area contributed by atoms with Crippen molar-refractivity contribution in [1.29, 1.82) is 0 Å². The summed E-state index contributed by atoms with van der Waals surface area (Å²) < 4.78 is 5.25. The van der Waals surface area contributed by atoms with Crippen molar-refractivity contribution < 1.29 is 0 Å². The molecule has 0 aliphatic rings. The van der Waals surface area contributed by atoms with Crippen LogP contribution in [0.1, 0.15) is 5.82 Å². The van der Waals surface area contributed by atoms with E-state index >= 15 is 0 Å². The Morgan fingerprint density at radius 3 is 1.45 bits per heavy atom. The number of nitrogens with zero attached hydrogens (tertiary/aromatic N) is 2. The Morgan fingerprint density at radius 1 is 0.485 bits per heavy atom. The van der Waals surface area contributed by atoms with Gasteiger partial charge in [0.1, 0.15) is 5.82 Å². The van der Waals surface area contributed by atoms with Crippen molar-refractivity contribution >= 4 is 63.0 Å². The van der Waals surface area contributed by atoms with Gasteiger partial charge in [0.05, 0.1) is 11.4 Å². The van der Waals surface area contributed by atoms with Crippen LogP contribution in [-0.4, -0.2) is 9.97 Å². The minimum atomic E-state index is 0.785. The average molecular weight is 459 g/mol. The summed E-state index contributed by atoms with van der Waals surface area (Å²) in [6, 6.07) is 32.7. The Bertz CT molecular complexity index is 1710. The topological polar surface area (TPSA) is 25.8 Å². The van der Waals surface area contributed by atoms with E-state index in [1.807, 2.05) is 29.6 Å². The zero-order valence-corrected chi connectivity index (χ0v) is 19.5. The summed E-state index contributed by atoms with van der Waals surface area (Å²) in [5.74, 6) is 0.785. The van der Waals surface area contributed by atoms with E-state index < -0.39 is 0 Å². The van der Waals surface area contributed by atoms with Crippen LogP contribution in [0, 0.1) is 6.92 Å². The first-order chi connectivity index (χ1) is 16.2. The molecule has 156 valence electrons. The van der Waals surface area contributed by atoms with E-state index in [1.54, 1.807) is 0 Å². The summed E-state index contributed by atoms with van der Waals surface area (Å²) in [7, 11) is 0. The molecule has 0 unspecified atom stereocenters. The van der Waals surface area contributed by atoms with Gasteiger partial charge in [-0.3, -0.25) is 0 Å². The molecular weight excluding hydrogens is 440 g/mol. The minimum Gasteiger partial charge on any atom is -0.233 e. The molecule has 0 atom stereocenters. The zero-order chi connectivity index (χ0) is 21.9. The summed E-state index contributed by atoms with van der Waals surface area (Å²) in [5.41, 5.74) is 4.18. The van der Waals surface area contributed by atoms with Crippen LogP contribution in [-0.2, 0) is 0 Å². The fourth-order valence-corrected chi connectivity index (χ4v) is 6.81. The van der Waals surface area contributed by atoms with Gasteiger partial charge in [-0.15, -0.1) is 22.7 Å². The van der Waals surface area contributed by atoms with E-state index in [9.17, 15) is 0 Å². The maximum atomic E-state index is 4.80. The maximum Gasteiger partial charge on any atom is 0.126 e. The molecule has 2 nitrogen and oxygen atoms in total. The van der Waals surface area contributed by atoms with E-state index in [2.05, 4.69) is 91.0 Å². The third-order valence-corrected chi connectivity index (χ3v) is 8.49. The van der Waals surface area contributed by atoms with Crippen LogP contribution in [0.3, 0.4) is 0 Å². The summed E-state index contributed by atoms with van der Waals surface area (Å²) in [6.45, 7) is 1.98. The highest BCUT2D eigenvalue weighted by Gasteiger charge is 2.12. The van der Waals surface area contributed by atoms with Gasteiger partial charge in [0.15, 0.2) is 0 Å². The SMILES string of the molecule is Cc1nc(-c2ccc3sc4ccccc4c3c2)cc(-c2ccc3sc4ccccc4c3c2)n1. The molecule has 0 bridgehead atoms. The summed E-state index contributed by atoms with van der Waals surface area (Å²) >= 11 is 3.68. The van der Waals surface area contributed by atoms with E-state index in [0.29, 0.717) is 0 Å². The normalized spacial score (nSPS) is 11.8. The predicted molar refractivity (Wildman–Crippen MR) is 143 cm³/mol. The standard InChI is InChI=1S/C29H18N2S2/c1-17-30-24(18-10-12-28-22(14-18)20-6-2-4-8-26(20)32-28)16-25(31-17)19-11-13-29-23(15-19)21-7-3-5-9-27(21)33-29/h2-16H,1H3. The lowest BCUT2D eigenvalue weighted by Gasteiger charge is -2.08. The molecule has 0 saturated heterocycles. The zero-order valence-electron chi connectivity index (χ0n) is 17.9. The van der Waals surface area contributed by atoms with Crippen LogP contribution >= 0.6 is 22.7 Å². The molecule has 0 N–H and O–H groups in total. The number of hydrogen-bond donors (Lipinski definition) is 0. The number of aromatic nitrogens is 2. The molecular formula is C29H18N2S2. The Kier molecular flexibility index (Phi) is 4.13. The lowest BCUT2D eigenvalue weighted by Crippen LogP contribution is -1.94. The summed E-state index contributed by atoms with van der Waals surface area (Å²) in [5, 5.41) is 5.19. The monoisotopic (exact) mass is 458 g/mol. The lowest BCUT2D eigenvalue weighted by molar-refractivity contribution is 1.06. The molecule has 0 aliphatic heterocycles. The van der Waals surface area contributed by atoms with Gasteiger partial charge >= 0.3 is 0 Å². The number of rotatable bonds is 2. The Morgan fingerprint density at radius 2 is 0.939 bits per heavy atom. The highest BCUT2D eigenvalue weighted by molar-refractivity contribution is 7.26. The van der Waals surface area contributed by atoms with Gasteiger partial charge < -0.3 is 0 Å². The Labute approximate surface area is 198 Å². The van der Waals surface area contributed by atoms with Crippen molar-refractivity contribution in [1.82, 2.24) is 9.97 Å². The van der Waals surface area contributed by atoms with E-state index in [1.165, 1.54) is 40.3 Å². The van der Waals surface area contributed by atoms with Gasteiger partial charge in [0, 0.05) is 51.5 Å². The molecule has 0 amide bonds. The van der Waals surface area contributed by atoms with Crippen LogP contribution in [0.4, 0.5) is 0 Å². The Balaban J connectivity index is 1.39. The molecule has 4 heteroatoms. The average Bonchev–Trinajstić information content (AvgIpc) is 3.41. The fourth-order valence-electron chi connectivity index (χ4n) is 4.63. The molecule has 3 aromatic heterocycles. The largest absolute Gasteiger partial charge is 0.233 e. The molecule has 0 spiro atoms. The smallest absolute Gasteiger partial charge is 0.126 e. The number of fused-ring (bicyclic) bond motifs is 6. The van der Waals surface area contributed by atoms with Crippen molar-refractivity contribution in [2.24, 2.45) is 0 Å². The van der Waals surface area contributed by atoms with Gasteiger partial charge in [0.25, 0.3) is 0 Å². The van der Waals surface area contributed by atoms with E-state index in [0.717, 1.165) is 28.3 Å². The maximum absolute atomic E-state index is 4.80. The lowest BCUT2D eigenvalue weighted by atomic mass is 10.0. The van der Waals surface area contributed by atoms with Crippen LogP contribution in [0.15, 0.2) is 91.0 Å². The second kappa shape index (κ2) is 7.20. The number of thiophene rings is 2. The number of hydrogen-bond acceptors (Lipinski definition) is 4. The number of benzene rings is 4. The molecule has 33 heavy (non-hydrogen) atoms. The molecule has 0 aliphatic carbocycles. The molecule has 0 saturated carbocycles. The van der Waals surface area contributed by atoms with Crippen LogP contribution in [0.2, 0.25) is 0 Å². The van der Waals surface area contributed by atoms with Crippen molar-refractivity contribution in [3.63, 3.8) is 0 Å². The van der Waals surface area contributed by atoms with Crippen LogP contribution < -0.4 is 0 Å². The molecule has 3 heterocycles. The first-order valence-electron chi connectivity index (χ1n) is 10.9. The van der Waals surface area contributed by atoms with Crippen molar-refractivity contribution in [2.45, 2.75) is 6.92 Å². The predicted octanol–water partition coefficient (Wildman–Crippen LogP) is 8.85. The Hall–Kier alpha value is -3.60. The van der Waals surface area contributed by atoms with E-state index in [-0.39, 0.29) is 0 Å². The summed E-state index contributed by atoms with van der Waals surface area (Å²) in [4.78, 5) is 9.59. The van der Waals surface area contributed by atoms with Crippen molar-refractivity contribution in [3.8, 4) is 22.5 Å². The molecule has 7 aromatic rings. The minimum absolute atomic E-state index is 0.785. The second-order valence-corrected chi connectivity index (χ2v) is 10.5. The molecule has 7 rings (SSSR count). The van der Waals surface area contributed by atoms with Gasteiger partial charge in [-0.1, -0.05) is 48.5 Å². The molecule has 0 radical (unpaired) electrons. The third-order valence-electron chi connectivity index (χ3n) is 6.18. The van der Waals surface area contributed by atoms with Crippen LogP contribution in [0.25, 0.3) is 62.9 Å². The second-order valence-electron chi connectivity index (χ2n) is 8.30. The molecule has 0 fully saturated rings. The van der Waals surface area contributed by atoms with Crippen molar-refractivity contribution in [3.05, 3.63) is 96.8 Å². The number of aryl methyl sites for hydroxylation is 1. The molecule has 4 aromatic carbocycles.